The molecule has 0 aromatic heterocycles. The fourth-order valence-corrected chi connectivity index (χ4v) is 4.14. The number of benzene rings is 1. The van der Waals surface area contributed by atoms with E-state index in [-0.39, 0.29) is 35.6 Å². The highest BCUT2D eigenvalue weighted by atomic mass is 35.5. The second-order valence-corrected chi connectivity index (χ2v) is 8.10. The number of rotatable bonds is 6. The van der Waals surface area contributed by atoms with Crippen molar-refractivity contribution in [2.75, 3.05) is 31.3 Å². The third kappa shape index (κ3) is 5.33. The van der Waals surface area contributed by atoms with Crippen LogP contribution in [-0.2, 0) is 24.1 Å². The zero-order valence-corrected chi connectivity index (χ0v) is 17.1. The lowest BCUT2D eigenvalue weighted by atomic mass is 9.94. The molecule has 8 nitrogen and oxygen atoms in total. The van der Waals surface area contributed by atoms with Crippen LogP contribution in [0.25, 0.3) is 0 Å². The average Bonchev–Trinajstić information content (AvgIpc) is 3.11. The molecule has 152 valence electrons. The maximum Gasteiger partial charge on any atom is 0.411 e. The Bertz CT molecular complexity index is 784. The van der Waals surface area contributed by atoms with Crippen LogP contribution in [0.5, 0.6) is 0 Å². The Hall–Kier alpha value is -1.84. The third-order valence-corrected chi connectivity index (χ3v) is 6.11. The first kappa shape index (κ1) is 23.2. The van der Waals surface area contributed by atoms with E-state index in [1.807, 2.05) is 0 Å². The Kier molecular flexibility index (Phi) is 8.52. The first-order valence-corrected chi connectivity index (χ1v) is 10.1. The van der Waals surface area contributed by atoms with Crippen molar-refractivity contribution >= 4 is 40.0 Å². The highest BCUT2D eigenvalue weighted by Crippen LogP contribution is 2.36. The summed E-state index contributed by atoms with van der Waals surface area (Å²) in [5.74, 6) is -0.927. The zero-order valence-electron chi connectivity index (χ0n) is 15.5. The molecule has 2 atom stereocenters. The van der Waals surface area contributed by atoms with Gasteiger partial charge in [-0.1, -0.05) is 6.92 Å². The van der Waals surface area contributed by atoms with Gasteiger partial charge in [-0.2, -0.15) is 0 Å². The zero-order chi connectivity index (χ0) is 19.3. The largest absolute Gasteiger partial charge is 0.466 e. The van der Waals surface area contributed by atoms with Crippen LogP contribution < -0.4 is 10.6 Å². The van der Waals surface area contributed by atoms with Gasteiger partial charge < -0.3 is 14.8 Å². The van der Waals surface area contributed by atoms with Crippen molar-refractivity contribution < 1.29 is 27.5 Å². The summed E-state index contributed by atoms with van der Waals surface area (Å²) < 4.78 is 34.7. The van der Waals surface area contributed by atoms with Gasteiger partial charge in [0.05, 0.1) is 30.3 Å². The van der Waals surface area contributed by atoms with E-state index in [4.69, 9.17) is 4.74 Å². The van der Waals surface area contributed by atoms with Crippen LogP contribution in [-0.4, -0.2) is 46.5 Å². The number of carbonyl (C=O) groups is 2. The summed E-state index contributed by atoms with van der Waals surface area (Å²) in [5.41, 5.74) is 0.828. The van der Waals surface area contributed by atoms with Crippen LogP contribution in [0.1, 0.15) is 31.9 Å². The van der Waals surface area contributed by atoms with Crippen molar-refractivity contribution in [3.8, 4) is 0 Å². The molecular formula is C17H25ClN2O6S. The van der Waals surface area contributed by atoms with Crippen LogP contribution in [0, 0.1) is 5.92 Å². The van der Waals surface area contributed by atoms with Crippen LogP contribution >= 0.6 is 12.4 Å². The second kappa shape index (κ2) is 9.91. The Morgan fingerprint density at radius 2 is 2.00 bits per heavy atom. The van der Waals surface area contributed by atoms with E-state index in [1.165, 1.54) is 19.2 Å². The molecule has 0 unspecified atom stereocenters. The molecule has 0 saturated carbocycles. The summed E-state index contributed by atoms with van der Waals surface area (Å²) in [6, 6.07) is 4.00. The second-order valence-electron chi connectivity index (χ2n) is 5.85. The maximum absolute atomic E-state index is 12.5. The van der Waals surface area contributed by atoms with E-state index in [0.717, 1.165) is 0 Å². The summed E-state index contributed by atoms with van der Waals surface area (Å²) in [4.78, 5) is 23.9. The van der Waals surface area contributed by atoms with Crippen molar-refractivity contribution in [1.29, 1.82) is 0 Å². The van der Waals surface area contributed by atoms with Gasteiger partial charge in [0, 0.05) is 11.7 Å². The number of sulfone groups is 1. The smallest absolute Gasteiger partial charge is 0.411 e. The summed E-state index contributed by atoms with van der Waals surface area (Å²) in [6.45, 7) is 4.11. The molecule has 0 bridgehead atoms. The van der Waals surface area contributed by atoms with Crippen molar-refractivity contribution in [3.05, 3.63) is 23.8 Å². The predicted octanol–water partition coefficient (Wildman–Crippen LogP) is 2.29. The van der Waals surface area contributed by atoms with Crippen molar-refractivity contribution in [1.82, 2.24) is 5.32 Å². The lowest BCUT2D eigenvalue weighted by Crippen LogP contribution is -2.27. The molecule has 10 heteroatoms. The molecule has 0 radical (unpaired) electrons. The van der Waals surface area contributed by atoms with E-state index < -0.39 is 27.9 Å². The quantitative estimate of drug-likeness (QED) is 0.679. The summed E-state index contributed by atoms with van der Waals surface area (Å²) >= 11 is 0. The van der Waals surface area contributed by atoms with Gasteiger partial charge in [-0.3, -0.25) is 10.1 Å². The molecule has 1 saturated heterocycles. The molecule has 1 fully saturated rings. The summed E-state index contributed by atoms with van der Waals surface area (Å²) in [6.07, 6.45) is -0.118. The Morgan fingerprint density at radius 3 is 2.59 bits per heavy atom. The van der Waals surface area contributed by atoms with E-state index in [9.17, 15) is 18.0 Å². The van der Waals surface area contributed by atoms with Gasteiger partial charge in [-0.05, 0) is 43.7 Å². The number of esters is 1. The highest BCUT2D eigenvalue weighted by Gasteiger charge is 2.37. The molecule has 1 aliphatic rings. The minimum absolute atomic E-state index is 0. The number of halogens is 1. The highest BCUT2D eigenvalue weighted by molar-refractivity contribution is 7.91. The normalized spacial score (nSPS) is 19.1. The monoisotopic (exact) mass is 420 g/mol. The van der Waals surface area contributed by atoms with Crippen molar-refractivity contribution in [2.45, 2.75) is 31.2 Å². The van der Waals surface area contributed by atoms with Crippen molar-refractivity contribution in [3.63, 3.8) is 0 Å². The topological polar surface area (TPSA) is 111 Å². The minimum atomic E-state index is -3.51. The van der Waals surface area contributed by atoms with Crippen LogP contribution in [0.15, 0.2) is 23.1 Å². The summed E-state index contributed by atoms with van der Waals surface area (Å²) in [7, 11) is -2.28. The van der Waals surface area contributed by atoms with E-state index >= 15 is 0 Å². The molecule has 2 N–H and O–H groups in total. The Morgan fingerprint density at radius 1 is 1.30 bits per heavy atom. The molecule has 1 aromatic rings. The van der Waals surface area contributed by atoms with Gasteiger partial charge in [-0.25, -0.2) is 13.2 Å². The molecule has 27 heavy (non-hydrogen) atoms. The molecule has 1 heterocycles. The minimum Gasteiger partial charge on any atom is -0.466 e. The number of anilines is 1. The molecule has 0 spiro atoms. The predicted molar refractivity (Wildman–Crippen MR) is 103 cm³/mol. The fraction of sp³-hybridized carbons (Fsp3) is 0.529. The number of ether oxygens (including phenoxy) is 2. The lowest BCUT2D eigenvalue weighted by molar-refractivity contribution is -0.148. The average molecular weight is 421 g/mol. The van der Waals surface area contributed by atoms with E-state index in [1.54, 1.807) is 19.9 Å². The molecule has 1 amide bonds. The first-order chi connectivity index (χ1) is 12.3. The standard InChI is InChI=1S/C17H24N2O6S.ClH/c1-4-25-16(20)12-8-9-18-15(12)13-10-11(19-17(21)24-3)6-7-14(13)26(22,23)5-2;/h6-7,10,12,15,18H,4-5,8-9H2,1-3H3,(H,19,21);1H/t12-,15+;/m0./s1. The van der Waals surface area contributed by atoms with Gasteiger partial charge in [0.15, 0.2) is 9.84 Å². The third-order valence-electron chi connectivity index (χ3n) is 4.30. The Balaban J connectivity index is 0.00000364. The van der Waals surface area contributed by atoms with Crippen LogP contribution in [0.4, 0.5) is 10.5 Å². The van der Waals surface area contributed by atoms with Gasteiger partial charge in [0.1, 0.15) is 0 Å². The summed E-state index contributed by atoms with van der Waals surface area (Å²) in [5, 5.41) is 5.71. The maximum atomic E-state index is 12.5. The van der Waals surface area contributed by atoms with Gasteiger partial charge >= 0.3 is 12.1 Å². The SMILES string of the molecule is CCOC(=O)[C@H]1CCN[C@H]1c1cc(NC(=O)OC)ccc1S(=O)(=O)CC.Cl. The van der Waals surface area contributed by atoms with E-state index in [0.29, 0.717) is 24.2 Å². The van der Waals surface area contributed by atoms with Gasteiger partial charge in [-0.15, -0.1) is 12.4 Å². The number of hydrogen-bond acceptors (Lipinski definition) is 7. The number of methoxy groups -OCH3 is 1. The Labute approximate surface area is 165 Å². The first-order valence-electron chi connectivity index (χ1n) is 8.45. The van der Waals surface area contributed by atoms with Gasteiger partial charge in [0.2, 0.25) is 0 Å². The number of amides is 1. The molecule has 2 rings (SSSR count). The van der Waals surface area contributed by atoms with Crippen molar-refractivity contribution in [2.24, 2.45) is 5.92 Å². The van der Waals surface area contributed by atoms with Gasteiger partial charge in [0.25, 0.3) is 0 Å². The number of hydrogen-bond donors (Lipinski definition) is 2. The molecular weight excluding hydrogens is 396 g/mol. The number of nitrogens with one attached hydrogen (secondary N) is 2. The lowest BCUT2D eigenvalue weighted by Gasteiger charge is -2.22. The van der Waals surface area contributed by atoms with Crippen LogP contribution in [0.2, 0.25) is 0 Å². The molecule has 1 aromatic carbocycles. The molecule has 0 aliphatic carbocycles. The molecule has 1 aliphatic heterocycles. The van der Waals surface area contributed by atoms with Crippen LogP contribution in [0.3, 0.4) is 0 Å². The fourth-order valence-electron chi connectivity index (χ4n) is 3.01. The number of carbonyl (C=O) groups excluding carboxylic acids is 2. The van der Waals surface area contributed by atoms with E-state index in [2.05, 4.69) is 15.4 Å².